The van der Waals surface area contributed by atoms with Crippen molar-refractivity contribution in [2.75, 3.05) is 7.11 Å². The number of methoxy groups -OCH3 is 1. The van der Waals surface area contributed by atoms with Gasteiger partial charge in [0.1, 0.15) is 0 Å². The average Bonchev–Trinajstić information content (AvgIpc) is 2.60. The van der Waals surface area contributed by atoms with Crippen LogP contribution in [-0.2, 0) is 0 Å². The number of rotatable bonds is 2. The quantitative estimate of drug-likeness (QED) is 0.545. The predicted molar refractivity (Wildman–Crippen MR) is 89.0 cm³/mol. The highest BCUT2D eigenvalue weighted by Crippen LogP contribution is 2.29. The summed E-state index contributed by atoms with van der Waals surface area (Å²) in [5.74, 6) is 0.628. The summed E-state index contributed by atoms with van der Waals surface area (Å²) in [7, 11) is 1.63. The van der Waals surface area contributed by atoms with E-state index in [4.69, 9.17) is 4.74 Å². The minimum atomic E-state index is 0.628. The highest BCUT2D eigenvalue weighted by atomic mass is 16.5. The van der Waals surface area contributed by atoms with Crippen LogP contribution in [0.1, 0.15) is 0 Å². The summed E-state index contributed by atoms with van der Waals surface area (Å²) >= 11 is 0. The molecule has 4 aromatic rings. The Balaban J connectivity index is 1.93. The number of hydrogen-bond acceptors (Lipinski definition) is 3. The summed E-state index contributed by atoms with van der Waals surface area (Å²) in [6.07, 6.45) is 3.69. The fraction of sp³-hybridized carbons (Fsp3) is 0.0526. The van der Waals surface area contributed by atoms with Crippen LogP contribution in [0.4, 0.5) is 0 Å². The zero-order valence-electron chi connectivity index (χ0n) is 12.2. The van der Waals surface area contributed by atoms with Crippen LogP contribution in [0.25, 0.3) is 32.8 Å². The Morgan fingerprint density at radius 1 is 0.818 bits per heavy atom. The molecule has 0 atom stereocenters. The Morgan fingerprint density at radius 2 is 1.73 bits per heavy atom. The van der Waals surface area contributed by atoms with Gasteiger partial charge in [0.2, 0.25) is 5.88 Å². The van der Waals surface area contributed by atoms with Gasteiger partial charge in [-0.25, -0.2) is 4.98 Å². The van der Waals surface area contributed by atoms with Crippen LogP contribution in [0.15, 0.2) is 67.0 Å². The van der Waals surface area contributed by atoms with E-state index in [1.54, 1.807) is 7.11 Å². The first kappa shape index (κ1) is 12.8. The Labute approximate surface area is 128 Å². The normalized spacial score (nSPS) is 11.0. The van der Waals surface area contributed by atoms with Crippen molar-refractivity contribution in [2.45, 2.75) is 0 Å². The van der Waals surface area contributed by atoms with Crippen LogP contribution in [0.2, 0.25) is 0 Å². The molecule has 106 valence electrons. The van der Waals surface area contributed by atoms with Crippen LogP contribution in [-0.4, -0.2) is 17.1 Å². The largest absolute Gasteiger partial charge is 0.481 e. The standard InChI is InChI=1S/C19H14N2O/c1-22-18-11-14-6-7-15(10-16(14)12-21-18)19-17-5-3-2-4-13(17)8-9-20-19/h2-12H,1H3. The van der Waals surface area contributed by atoms with Crippen molar-refractivity contribution in [2.24, 2.45) is 0 Å². The topological polar surface area (TPSA) is 35.0 Å². The van der Waals surface area contributed by atoms with Gasteiger partial charge in [-0.05, 0) is 22.9 Å². The van der Waals surface area contributed by atoms with E-state index in [1.807, 2.05) is 36.7 Å². The number of fused-ring (bicyclic) bond motifs is 2. The van der Waals surface area contributed by atoms with E-state index >= 15 is 0 Å². The highest BCUT2D eigenvalue weighted by molar-refractivity contribution is 5.97. The van der Waals surface area contributed by atoms with Crippen LogP contribution < -0.4 is 4.74 Å². The van der Waals surface area contributed by atoms with E-state index in [0.29, 0.717) is 5.88 Å². The lowest BCUT2D eigenvalue weighted by molar-refractivity contribution is 0.399. The van der Waals surface area contributed by atoms with E-state index in [-0.39, 0.29) is 0 Å². The average molecular weight is 286 g/mol. The molecule has 2 aromatic heterocycles. The molecule has 0 N–H and O–H groups in total. The molecule has 3 heteroatoms. The monoisotopic (exact) mass is 286 g/mol. The summed E-state index contributed by atoms with van der Waals surface area (Å²) in [5, 5.41) is 4.54. The van der Waals surface area contributed by atoms with Gasteiger partial charge in [0.25, 0.3) is 0 Å². The molecular weight excluding hydrogens is 272 g/mol. The lowest BCUT2D eigenvalue weighted by atomic mass is 10.0. The molecule has 0 fully saturated rings. The molecule has 0 unspecified atom stereocenters. The molecule has 3 nitrogen and oxygen atoms in total. The predicted octanol–water partition coefficient (Wildman–Crippen LogP) is 4.46. The maximum Gasteiger partial charge on any atom is 0.213 e. The molecule has 0 radical (unpaired) electrons. The van der Waals surface area contributed by atoms with E-state index in [9.17, 15) is 0 Å². The Kier molecular flexibility index (Phi) is 2.97. The molecule has 0 aliphatic rings. The van der Waals surface area contributed by atoms with Gasteiger partial charge in [-0.3, -0.25) is 4.98 Å². The van der Waals surface area contributed by atoms with Crippen LogP contribution in [0.5, 0.6) is 5.88 Å². The van der Waals surface area contributed by atoms with Crippen molar-refractivity contribution in [3.63, 3.8) is 0 Å². The molecule has 0 spiro atoms. The third kappa shape index (κ3) is 2.07. The van der Waals surface area contributed by atoms with Crippen molar-refractivity contribution in [3.05, 3.63) is 67.0 Å². The van der Waals surface area contributed by atoms with E-state index in [1.165, 1.54) is 5.39 Å². The van der Waals surface area contributed by atoms with Gasteiger partial charge >= 0.3 is 0 Å². The van der Waals surface area contributed by atoms with Gasteiger partial charge in [-0.15, -0.1) is 0 Å². The Bertz CT molecular complexity index is 974. The van der Waals surface area contributed by atoms with Crippen LogP contribution >= 0.6 is 0 Å². The van der Waals surface area contributed by atoms with Crippen LogP contribution in [0.3, 0.4) is 0 Å². The summed E-state index contributed by atoms with van der Waals surface area (Å²) < 4.78 is 5.17. The SMILES string of the molecule is COc1cc2ccc(-c3nccc4ccccc34)cc2cn1. The van der Waals surface area contributed by atoms with E-state index in [0.717, 1.165) is 27.4 Å². The molecule has 22 heavy (non-hydrogen) atoms. The second kappa shape index (κ2) is 5.11. The molecule has 4 rings (SSSR count). The lowest BCUT2D eigenvalue weighted by Crippen LogP contribution is -1.89. The van der Waals surface area contributed by atoms with Crippen molar-refractivity contribution in [3.8, 4) is 17.1 Å². The summed E-state index contributed by atoms with van der Waals surface area (Å²) in [6.45, 7) is 0. The minimum Gasteiger partial charge on any atom is -0.481 e. The molecule has 0 bridgehead atoms. The molecular formula is C19H14N2O. The minimum absolute atomic E-state index is 0.628. The number of pyridine rings is 2. The number of hydrogen-bond donors (Lipinski definition) is 0. The zero-order chi connectivity index (χ0) is 14.9. The number of nitrogens with zero attached hydrogens (tertiary/aromatic N) is 2. The second-order valence-corrected chi connectivity index (χ2v) is 5.17. The fourth-order valence-corrected chi connectivity index (χ4v) is 2.73. The number of ether oxygens (including phenoxy) is 1. The van der Waals surface area contributed by atoms with Gasteiger partial charge in [0.05, 0.1) is 12.8 Å². The van der Waals surface area contributed by atoms with Crippen molar-refractivity contribution in [1.82, 2.24) is 9.97 Å². The first-order chi connectivity index (χ1) is 10.8. The van der Waals surface area contributed by atoms with Crippen molar-refractivity contribution < 1.29 is 4.74 Å². The molecule has 2 heterocycles. The maximum atomic E-state index is 5.17. The van der Waals surface area contributed by atoms with Gasteiger partial charge in [-0.1, -0.05) is 36.4 Å². The maximum absolute atomic E-state index is 5.17. The second-order valence-electron chi connectivity index (χ2n) is 5.17. The highest BCUT2D eigenvalue weighted by Gasteiger charge is 2.06. The smallest absolute Gasteiger partial charge is 0.213 e. The third-order valence-corrected chi connectivity index (χ3v) is 3.85. The lowest BCUT2D eigenvalue weighted by Gasteiger charge is -2.07. The summed E-state index contributed by atoms with van der Waals surface area (Å²) in [5.41, 5.74) is 2.09. The first-order valence-corrected chi connectivity index (χ1v) is 7.13. The van der Waals surface area contributed by atoms with Crippen LogP contribution in [0, 0.1) is 0 Å². The summed E-state index contributed by atoms with van der Waals surface area (Å²) in [6, 6.07) is 18.6. The van der Waals surface area contributed by atoms with Crippen molar-refractivity contribution >= 4 is 21.5 Å². The molecule has 0 saturated carbocycles. The first-order valence-electron chi connectivity index (χ1n) is 7.13. The molecule has 0 aliphatic carbocycles. The number of aromatic nitrogens is 2. The fourth-order valence-electron chi connectivity index (χ4n) is 2.73. The van der Waals surface area contributed by atoms with Gasteiger partial charge in [0, 0.05) is 34.8 Å². The van der Waals surface area contributed by atoms with E-state index in [2.05, 4.69) is 40.3 Å². The van der Waals surface area contributed by atoms with Gasteiger partial charge < -0.3 is 4.74 Å². The van der Waals surface area contributed by atoms with Gasteiger partial charge in [0.15, 0.2) is 0 Å². The molecule has 0 aliphatic heterocycles. The zero-order valence-corrected chi connectivity index (χ0v) is 12.2. The number of benzene rings is 2. The Morgan fingerprint density at radius 3 is 2.64 bits per heavy atom. The Hall–Kier alpha value is -2.94. The molecule has 0 saturated heterocycles. The summed E-state index contributed by atoms with van der Waals surface area (Å²) in [4.78, 5) is 8.85. The molecule has 2 aromatic carbocycles. The van der Waals surface area contributed by atoms with E-state index < -0.39 is 0 Å². The third-order valence-electron chi connectivity index (χ3n) is 3.85. The van der Waals surface area contributed by atoms with Crippen molar-refractivity contribution in [1.29, 1.82) is 0 Å². The van der Waals surface area contributed by atoms with Gasteiger partial charge in [-0.2, -0.15) is 0 Å². The molecule has 0 amide bonds.